The lowest BCUT2D eigenvalue weighted by atomic mass is 9.99. The number of rotatable bonds is 5. The number of hydrogen-bond donors (Lipinski definition) is 3. The summed E-state index contributed by atoms with van der Waals surface area (Å²) in [5.74, 6) is 0.284. The summed E-state index contributed by atoms with van der Waals surface area (Å²) in [7, 11) is 1.58. The second kappa shape index (κ2) is 9.29. The number of para-hydroxylation sites is 1. The number of piperidine rings is 1. The highest BCUT2D eigenvalue weighted by Gasteiger charge is 2.34. The molecule has 3 N–H and O–H groups in total. The first-order valence-electron chi connectivity index (χ1n) is 9.73. The average Bonchev–Trinajstić information content (AvgIpc) is 3.06. The maximum Gasteiger partial charge on any atom is 0.255 e. The Kier molecular flexibility index (Phi) is 6.77. The van der Waals surface area contributed by atoms with E-state index in [9.17, 15) is 9.59 Å². The molecule has 2 fully saturated rings. The minimum absolute atomic E-state index is 0. The highest BCUT2D eigenvalue weighted by atomic mass is 35.5. The van der Waals surface area contributed by atoms with Gasteiger partial charge in [0.1, 0.15) is 5.75 Å². The molecule has 7 heteroatoms. The fourth-order valence-electron chi connectivity index (χ4n) is 4.17. The number of carbonyl (C=O) groups excluding carboxylic acids is 2. The fraction of sp³-hybridized carbons (Fsp3) is 0.364. The molecule has 0 radical (unpaired) electrons. The lowest BCUT2D eigenvalue weighted by Crippen LogP contribution is -2.48. The van der Waals surface area contributed by atoms with Crippen LogP contribution in [0.15, 0.2) is 48.5 Å². The quantitative estimate of drug-likeness (QED) is 0.699. The zero-order chi connectivity index (χ0) is 19.5. The molecule has 0 saturated carbocycles. The van der Waals surface area contributed by atoms with E-state index in [1.165, 1.54) is 12.8 Å². The number of fused-ring (bicyclic) bond motifs is 2. The third kappa shape index (κ3) is 4.89. The van der Waals surface area contributed by atoms with Crippen molar-refractivity contribution in [2.45, 2.75) is 43.8 Å². The molecule has 2 aromatic carbocycles. The third-order valence-electron chi connectivity index (χ3n) is 5.58. The molecule has 2 aromatic rings. The first-order valence-corrected chi connectivity index (χ1v) is 9.73. The maximum atomic E-state index is 12.9. The fourth-order valence-corrected chi connectivity index (χ4v) is 4.17. The summed E-state index contributed by atoms with van der Waals surface area (Å²) < 4.78 is 5.12. The normalized spacial score (nSPS) is 22.3. The number of anilines is 1. The molecule has 2 bridgehead atoms. The number of ether oxygens (including phenoxy) is 1. The lowest BCUT2D eigenvalue weighted by Gasteiger charge is -2.29. The Morgan fingerprint density at radius 3 is 2.28 bits per heavy atom. The van der Waals surface area contributed by atoms with Crippen LogP contribution >= 0.6 is 12.4 Å². The minimum Gasteiger partial charge on any atom is -0.497 e. The predicted octanol–water partition coefficient (Wildman–Crippen LogP) is 3.38. The molecule has 2 amide bonds. The van der Waals surface area contributed by atoms with Gasteiger partial charge in [-0.3, -0.25) is 9.59 Å². The van der Waals surface area contributed by atoms with Gasteiger partial charge in [-0.15, -0.1) is 12.4 Å². The summed E-state index contributed by atoms with van der Waals surface area (Å²) >= 11 is 0. The van der Waals surface area contributed by atoms with E-state index in [1.807, 2.05) is 12.1 Å². The van der Waals surface area contributed by atoms with Crippen LogP contribution in [0.2, 0.25) is 0 Å². The van der Waals surface area contributed by atoms with Gasteiger partial charge in [0.2, 0.25) is 0 Å². The largest absolute Gasteiger partial charge is 0.497 e. The van der Waals surface area contributed by atoms with E-state index in [1.54, 1.807) is 43.5 Å². The van der Waals surface area contributed by atoms with Crippen LogP contribution in [0.5, 0.6) is 5.75 Å². The summed E-state index contributed by atoms with van der Waals surface area (Å²) in [6.07, 6.45) is 4.29. The molecule has 2 atom stereocenters. The first-order chi connectivity index (χ1) is 13.6. The van der Waals surface area contributed by atoms with Gasteiger partial charge in [-0.25, -0.2) is 0 Å². The van der Waals surface area contributed by atoms with E-state index in [0.29, 0.717) is 34.6 Å². The Balaban J connectivity index is 0.00000240. The summed E-state index contributed by atoms with van der Waals surface area (Å²) in [6.45, 7) is 0. The Morgan fingerprint density at radius 1 is 0.966 bits per heavy atom. The number of benzene rings is 2. The molecule has 0 spiro atoms. The van der Waals surface area contributed by atoms with Gasteiger partial charge in [0, 0.05) is 23.7 Å². The van der Waals surface area contributed by atoms with Crippen LogP contribution in [0.3, 0.4) is 0 Å². The highest BCUT2D eigenvalue weighted by Crippen LogP contribution is 2.27. The van der Waals surface area contributed by atoms with Gasteiger partial charge in [0.25, 0.3) is 11.8 Å². The lowest BCUT2D eigenvalue weighted by molar-refractivity contribution is 0.0925. The molecular weight excluding hydrogens is 390 g/mol. The molecule has 6 nitrogen and oxygen atoms in total. The molecule has 2 saturated heterocycles. The zero-order valence-corrected chi connectivity index (χ0v) is 17.1. The van der Waals surface area contributed by atoms with Crippen LogP contribution in [0.4, 0.5) is 5.69 Å². The van der Waals surface area contributed by atoms with Crippen molar-refractivity contribution in [3.8, 4) is 5.75 Å². The van der Waals surface area contributed by atoms with Crippen LogP contribution in [0, 0.1) is 0 Å². The van der Waals surface area contributed by atoms with Crippen molar-refractivity contribution >= 4 is 29.9 Å². The van der Waals surface area contributed by atoms with Gasteiger partial charge >= 0.3 is 0 Å². The van der Waals surface area contributed by atoms with E-state index < -0.39 is 0 Å². The molecule has 2 aliphatic heterocycles. The second-order valence-corrected chi connectivity index (χ2v) is 7.51. The van der Waals surface area contributed by atoms with E-state index in [0.717, 1.165) is 12.8 Å². The zero-order valence-electron chi connectivity index (χ0n) is 16.3. The van der Waals surface area contributed by atoms with Crippen molar-refractivity contribution in [2.75, 3.05) is 12.4 Å². The van der Waals surface area contributed by atoms with Crippen molar-refractivity contribution in [1.29, 1.82) is 0 Å². The van der Waals surface area contributed by atoms with Gasteiger partial charge in [-0.1, -0.05) is 12.1 Å². The number of nitrogens with one attached hydrogen (secondary N) is 3. The molecule has 2 unspecified atom stereocenters. The van der Waals surface area contributed by atoms with Gasteiger partial charge in [0.15, 0.2) is 0 Å². The molecule has 4 rings (SSSR count). The molecule has 29 heavy (non-hydrogen) atoms. The van der Waals surface area contributed by atoms with Crippen LogP contribution < -0.4 is 20.7 Å². The Labute approximate surface area is 176 Å². The SMILES string of the molecule is COc1ccc(C(=O)Nc2ccccc2C(=O)NC2CC3CCC(C2)N3)cc1.Cl. The molecular formula is C22H26ClN3O3. The van der Waals surface area contributed by atoms with Gasteiger partial charge in [-0.05, 0) is 62.1 Å². The molecule has 2 heterocycles. The highest BCUT2D eigenvalue weighted by molar-refractivity contribution is 6.09. The van der Waals surface area contributed by atoms with E-state index >= 15 is 0 Å². The summed E-state index contributed by atoms with van der Waals surface area (Å²) in [4.78, 5) is 25.5. The number of carbonyl (C=O) groups is 2. The van der Waals surface area contributed by atoms with E-state index in [-0.39, 0.29) is 30.3 Å². The van der Waals surface area contributed by atoms with E-state index in [2.05, 4.69) is 16.0 Å². The van der Waals surface area contributed by atoms with Crippen molar-refractivity contribution < 1.29 is 14.3 Å². The van der Waals surface area contributed by atoms with E-state index in [4.69, 9.17) is 4.74 Å². The maximum absolute atomic E-state index is 12.9. The van der Waals surface area contributed by atoms with Crippen LogP contribution in [-0.2, 0) is 0 Å². The standard InChI is InChI=1S/C22H25N3O3.ClH/c1-28-18-10-6-14(7-11-18)21(26)25-20-5-3-2-4-19(20)22(27)24-17-12-15-8-9-16(13-17)23-15;/h2-7,10-11,15-17,23H,8-9,12-13H2,1H3,(H,24,27)(H,25,26);1H. The molecule has 154 valence electrons. The summed E-state index contributed by atoms with van der Waals surface area (Å²) in [5, 5.41) is 9.60. The van der Waals surface area contributed by atoms with Gasteiger partial charge in [-0.2, -0.15) is 0 Å². The molecule has 0 aromatic heterocycles. The third-order valence-corrected chi connectivity index (χ3v) is 5.58. The Bertz CT molecular complexity index is 860. The minimum atomic E-state index is -0.261. The predicted molar refractivity (Wildman–Crippen MR) is 115 cm³/mol. The monoisotopic (exact) mass is 415 g/mol. The van der Waals surface area contributed by atoms with Crippen molar-refractivity contribution in [1.82, 2.24) is 10.6 Å². The second-order valence-electron chi connectivity index (χ2n) is 7.51. The number of methoxy groups -OCH3 is 1. The number of hydrogen-bond acceptors (Lipinski definition) is 4. The van der Waals surface area contributed by atoms with Gasteiger partial charge < -0.3 is 20.7 Å². The molecule has 2 aliphatic rings. The Morgan fingerprint density at radius 2 is 1.62 bits per heavy atom. The summed E-state index contributed by atoms with van der Waals surface area (Å²) in [5.41, 5.74) is 1.50. The number of halogens is 1. The smallest absolute Gasteiger partial charge is 0.255 e. The number of amides is 2. The first kappa shape index (κ1) is 21.1. The molecule has 0 aliphatic carbocycles. The topological polar surface area (TPSA) is 79.5 Å². The van der Waals surface area contributed by atoms with Crippen LogP contribution in [-0.4, -0.2) is 37.0 Å². The van der Waals surface area contributed by atoms with Gasteiger partial charge in [0.05, 0.1) is 18.4 Å². The Hall–Kier alpha value is -2.57. The average molecular weight is 416 g/mol. The van der Waals surface area contributed by atoms with Crippen LogP contribution in [0.25, 0.3) is 0 Å². The van der Waals surface area contributed by atoms with Crippen molar-refractivity contribution in [3.63, 3.8) is 0 Å². The summed E-state index contributed by atoms with van der Waals surface area (Å²) in [6, 6.07) is 15.2. The van der Waals surface area contributed by atoms with Crippen molar-refractivity contribution in [3.05, 3.63) is 59.7 Å². The van der Waals surface area contributed by atoms with Crippen LogP contribution in [0.1, 0.15) is 46.4 Å². The van der Waals surface area contributed by atoms with Crippen molar-refractivity contribution in [2.24, 2.45) is 0 Å².